The van der Waals surface area contributed by atoms with Crippen molar-refractivity contribution in [1.82, 2.24) is 15.2 Å². The van der Waals surface area contributed by atoms with Gasteiger partial charge in [-0.05, 0) is 13.0 Å². The van der Waals surface area contributed by atoms with E-state index in [1.54, 1.807) is 0 Å². The number of benzene rings is 1. The molecule has 2 N–H and O–H groups in total. The summed E-state index contributed by atoms with van der Waals surface area (Å²) in [6, 6.07) is 3.06. The van der Waals surface area contributed by atoms with Crippen molar-refractivity contribution in [1.29, 1.82) is 0 Å². The molecule has 0 aliphatic rings. The fraction of sp³-hybridized carbons (Fsp3) is 0.273. The zero-order valence-electron chi connectivity index (χ0n) is 9.11. The largest absolute Gasteiger partial charge is 0.385 e. The minimum atomic E-state index is -1.49. The first-order valence-electron chi connectivity index (χ1n) is 5.01. The number of rotatable bonds is 3. The van der Waals surface area contributed by atoms with E-state index in [0.29, 0.717) is 5.82 Å². The van der Waals surface area contributed by atoms with E-state index >= 15 is 0 Å². The first kappa shape index (κ1) is 11.7. The first-order valence-corrected chi connectivity index (χ1v) is 5.01. The second-order valence-electron chi connectivity index (χ2n) is 3.99. The molecule has 1 unspecified atom stereocenters. The van der Waals surface area contributed by atoms with Gasteiger partial charge in [0.25, 0.3) is 0 Å². The predicted molar refractivity (Wildman–Crippen MR) is 56.0 cm³/mol. The van der Waals surface area contributed by atoms with Gasteiger partial charge in [-0.25, -0.2) is 13.8 Å². The summed E-state index contributed by atoms with van der Waals surface area (Å²) in [5, 5.41) is 16.5. The lowest BCUT2D eigenvalue weighted by Crippen LogP contribution is -2.26. The fourth-order valence-electron chi connectivity index (χ4n) is 1.65. The van der Waals surface area contributed by atoms with Gasteiger partial charge in [-0.1, -0.05) is 6.07 Å². The van der Waals surface area contributed by atoms with Crippen LogP contribution < -0.4 is 0 Å². The molecule has 2 rings (SSSR count). The molecular weight excluding hydrogens is 228 g/mol. The van der Waals surface area contributed by atoms with E-state index < -0.39 is 17.2 Å². The number of aromatic nitrogens is 3. The third-order valence-corrected chi connectivity index (χ3v) is 2.48. The lowest BCUT2D eigenvalue weighted by Gasteiger charge is -2.22. The van der Waals surface area contributed by atoms with Gasteiger partial charge in [0.2, 0.25) is 0 Å². The number of nitrogens with zero attached hydrogens (tertiary/aromatic N) is 2. The second kappa shape index (κ2) is 4.21. The molecule has 0 amide bonds. The van der Waals surface area contributed by atoms with E-state index in [2.05, 4.69) is 15.2 Å². The highest BCUT2D eigenvalue weighted by Gasteiger charge is 2.28. The molecule has 0 saturated heterocycles. The van der Waals surface area contributed by atoms with Crippen LogP contribution in [0.3, 0.4) is 0 Å². The monoisotopic (exact) mass is 239 g/mol. The zero-order valence-corrected chi connectivity index (χ0v) is 9.11. The van der Waals surface area contributed by atoms with Gasteiger partial charge >= 0.3 is 0 Å². The number of hydrogen-bond acceptors (Lipinski definition) is 3. The number of halogens is 2. The Morgan fingerprint density at radius 1 is 1.41 bits per heavy atom. The van der Waals surface area contributed by atoms with Crippen LogP contribution in [0.2, 0.25) is 0 Å². The Morgan fingerprint density at radius 3 is 2.76 bits per heavy atom. The molecule has 0 fully saturated rings. The van der Waals surface area contributed by atoms with Crippen LogP contribution in [0.1, 0.15) is 18.3 Å². The molecule has 0 aliphatic heterocycles. The second-order valence-corrected chi connectivity index (χ2v) is 3.99. The molecule has 1 heterocycles. The molecule has 4 nitrogen and oxygen atoms in total. The topological polar surface area (TPSA) is 61.8 Å². The van der Waals surface area contributed by atoms with Crippen molar-refractivity contribution in [2.24, 2.45) is 0 Å². The van der Waals surface area contributed by atoms with E-state index in [1.165, 1.54) is 19.3 Å². The summed E-state index contributed by atoms with van der Waals surface area (Å²) in [5.41, 5.74) is -1.47. The van der Waals surface area contributed by atoms with Crippen molar-refractivity contribution in [2.75, 3.05) is 0 Å². The zero-order chi connectivity index (χ0) is 12.5. The van der Waals surface area contributed by atoms with E-state index in [9.17, 15) is 13.9 Å². The highest BCUT2D eigenvalue weighted by molar-refractivity contribution is 5.25. The number of H-pyrrole nitrogens is 1. The van der Waals surface area contributed by atoms with Gasteiger partial charge in [0.1, 0.15) is 18.0 Å². The molecule has 0 bridgehead atoms. The van der Waals surface area contributed by atoms with Gasteiger partial charge in [-0.15, -0.1) is 0 Å². The fourth-order valence-corrected chi connectivity index (χ4v) is 1.65. The Balaban J connectivity index is 2.30. The Bertz CT molecular complexity index is 511. The lowest BCUT2D eigenvalue weighted by atomic mass is 9.92. The van der Waals surface area contributed by atoms with Gasteiger partial charge in [0, 0.05) is 18.1 Å². The summed E-state index contributed by atoms with van der Waals surface area (Å²) in [6.45, 7) is 1.43. The maximum atomic E-state index is 13.5. The average Bonchev–Trinajstić information content (AvgIpc) is 2.68. The normalized spacial score (nSPS) is 14.6. The quantitative estimate of drug-likeness (QED) is 0.853. The number of hydrogen-bond donors (Lipinski definition) is 2. The van der Waals surface area contributed by atoms with Crippen LogP contribution in [0, 0.1) is 11.6 Å². The van der Waals surface area contributed by atoms with Crippen molar-refractivity contribution in [2.45, 2.75) is 18.9 Å². The minimum absolute atomic E-state index is 0.0173. The van der Waals surface area contributed by atoms with Crippen LogP contribution in [-0.2, 0) is 12.0 Å². The first-order chi connectivity index (χ1) is 7.99. The molecule has 0 radical (unpaired) electrons. The van der Waals surface area contributed by atoms with Gasteiger partial charge in [-0.3, -0.25) is 5.10 Å². The van der Waals surface area contributed by atoms with E-state index in [4.69, 9.17) is 0 Å². The van der Waals surface area contributed by atoms with Crippen LogP contribution >= 0.6 is 0 Å². The average molecular weight is 239 g/mol. The molecule has 17 heavy (non-hydrogen) atoms. The number of aromatic amines is 1. The molecule has 2 aromatic rings. The third kappa shape index (κ3) is 2.47. The SMILES string of the molecule is CC(O)(Cc1nc[nH]n1)c1ccc(F)cc1F. The smallest absolute Gasteiger partial charge is 0.153 e. The van der Waals surface area contributed by atoms with Crippen LogP contribution in [0.15, 0.2) is 24.5 Å². The van der Waals surface area contributed by atoms with E-state index in [-0.39, 0.29) is 12.0 Å². The van der Waals surface area contributed by atoms with Crippen molar-refractivity contribution >= 4 is 0 Å². The van der Waals surface area contributed by atoms with E-state index in [1.807, 2.05) is 0 Å². The minimum Gasteiger partial charge on any atom is -0.385 e. The van der Waals surface area contributed by atoms with Gasteiger partial charge in [0.05, 0.1) is 5.60 Å². The van der Waals surface area contributed by atoms with Gasteiger partial charge < -0.3 is 5.11 Å². The van der Waals surface area contributed by atoms with Gasteiger partial charge in [-0.2, -0.15) is 5.10 Å². The molecule has 1 aromatic heterocycles. The summed E-state index contributed by atoms with van der Waals surface area (Å²) in [4.78, 5) is 3.85. The molecule has 90 valence electrons. The summed E-state index contributed by atoms with van der Waals surface area (Å²) in [6.07, 6.45) is 1.41. The lowest BCUT2D eigenvalue weighted by molar-refractivity contribution is 0.0516. The standard InChI is InChI=1S/C11H11F2N3O/c1-11(17,5-10-14-6-15-16-10)8-3-2-7(12)4-9(8)13/h2-4,6,17H,5H2,1H3,(H,14,15,16). The van der Waals surface area contributed by atoms with Crippen molar-refractivity contribution in [3.8, 4) is 0 Å². The van der Waals surface area contributed by atoms with E-state index in [0.717, 1.165) is 12.1 Å². The highest BCUT2D eigenvalue weighted by Crippen LogP contribution is 2.26. The Labute approximate surface area is 96.3 Å². The van der Waals surface area contributed by atoms with Crippen LogP contribution in [0.25, 0.3) is 0 Å². The summed E-state index contributed by atoms with van der Waals surface area (Å²) >= 11 is 0. The third-order valence-electron chi connectivity index (χ3n) is 2.48. The number of nitrogens with one attached hydrogen (secondary N) is 1. The summed E-state index contributed by atoms with van der Waals surface area (Å²) < 4.78 is 26.3. The Kier molecular flexibility index (Phi) is 2.89. The molecule has 1 aromatic carbocycles. The molecule has 6 heteroatoms. The molecule has 1 atom stereocenters. The molecule has 0 saturated carbocycles. The Morgan fingerprint density at radius 2 is 2.18 bits per heavy atom. The maximum Gasteiger partial charge on any atom is 0.153 e. The van der Waals surface area contributed by atoms with Crippen LogP contribution in [0.5, 0.6) is 0 Å². The molecular formula is C11H11F2N3O. The van der Waals surface area contributed by atoms with Crippen LogP contribution in [0.4, 0.5) is 8.78 Å². The summed E-state index contributed by atoms with van der Waals surface area (Å²) in [5.74, 6) is -1.11. The predicted octanol–water partition coefficient (Wildman–Crippen LogP) is 1.53. The number of aliphatic hydroxyl groups is 1. The Hall–Kier alpha value is -1.82. The maximum absolute atomic E-state index is 13.5. The van der Waals surface area contributed by atoms with Crippen LogP contribution in [-0.4, -0.2) is 20.3 Å². The highest BCUT2D eigenvalue weighted by atomic mass is 19.1. The molecule has 0 aliphatic carbocycles. The van der Waals surface area contributed by atoms with Gasteiger partial charge in [0.15, 0.2) is 5.82 Å². The molecule has 0 spiro atoms. The van der Waals surface area contributed by atoms with Crippen molar-refractivity contribution < 1.29 is 13.9 Å². The van der Waals surface area contributed by atoms with Crippen molar-refractivity contribution in [3.05, 3.63) is 47.5 Å². The summed E-state index contributed by atoms with van der Waals surface area (Å²) in [7, 11) is 0. The van der Waals surface area contributed by atoms with Crippen molar-refractivity contribution in [3.63, 3.8) is 0 Å².